The maximum atomic E-state index is 13.2. The molecule has 6 rings (SSSR count). The highest BCUT2D eigenvalue weighted by Gasteiger charge is 2.36. The van der Waals surface area contributed by atoms with Crippen molar-refractivity contribution in [2.45, 2.75) is 26.8 Å². The van der Waals surface area contributed by atoms with Crippen LogP contribution in [0.15, 0.2) is 37.1 Å². The largest absolute Gasteiger partial charge is 0.324 e. The van der Waals surface area contributed by atoms with Gasteiger partial charge in [-0.25, -0.2) is 12.9 Å². The summed E-state index contributed by atoms with van der Waals surface area (Å²) in [5.41, 5.74) is 3.09. The van der Waals surface area contributed by atoms with Crippen LogP contribution in [0.2, 0.25) is 0 Å². The Morgan fingerprint density at radius 3 is 2.59 bits per heavy atom. The first-order valence-electron chi connectivity index (χ1n) is 12.5. The van der Waals surface area contributed by atoms with Gasteiger partial charge in [-0.05, 0) is 18.4 Å². The second-order valence-corrected chi connectivity index (χ2v) is 14.2. The van der Waals surface area contributed by atoms with E-state index in [1.165, 1.54) is 17.5 Å². The second-order valence-electron chi connectivity index (χ2n) is 11.0. The van der Waals surface area contributed by atoms with E-state index >= 15 is 0 Å². The fourth-order valence-electron chi connectivity index (χ4n) is 5.03. The van der Waals surface area contributed by atoms with Crippen LogP contribution in [-0.2, 0) is 14.6 Å². The Morgan fingerprint density at radius 1 is 1.10 bits per heavy atom. The van der Waals surface area contributed by atoms with Crippen molar-refractivity contribution in [3.63, 3.8) is 0 Å². The average molecular weight is 569 g/mol. The molecule has 2 N–H and O–H groups in total. The van der Waals surface area contributed by atoms with Crippen molar-refractivity contribution in [3.8, 4) is 10.4 Å². The smallest absolute Gasteiger partial charge is 0.260 e. The van der Waals surface area contributed by atoms with Gasteiger partial charge in [-0.3, -0.25) is 24.2 Å². The third-order valence-electron chi connectivity index (χ3n) is 6.88. The van der Waals surface area contributed by atoms with Crippen LogP contribution in [0.1, 0.15) is 35.9 Å². The number of pyridine rings is 1. The van der Waals surface area contributed by atoms with Gasteiger partial charge in [0.1, 0.15) is 4.83 Å². The second kappa shape index (κ2) is 9.24. The number of likely N-dealkylation sites (tertiary alicyclic amines) is 1. The van der Waals surface area contributed by atoms with Gasteiger partial charge in [-0.2, -0.15) is 10.2 Å². The van der Waals surface area contributed by atoms with Gasteiger partial charge in [0, 0.05) is 31.0 Å². The number of nitrogens with zero attached hydrogens (tertiary/aromatic N) is 6. The number of anilines is 2. The molecule has 4 aromatic heterocycles. The van der Waals surface area contributed by atoms with Gasteiger partial charge < -0.3 is 10.6 Å². The van der Waals surface area contributed by atoms with Crippen LogP contribution in [0.3, 0.4) is 0 Å². The molecular weight excluding hydrogens is 540 g/mol. The molecule has 0 aromatic carbocycles. The average Bonchev–Trinajstić information content (AvgIpc) is 3.53. The monoisotopic (exact) mass is 568 g/mol. The van der Waals surface area contributed by atoms with Crippen LogP contribution < -0.4 is 10.6 Å². The third kappa shape index (κ3) is 5.18. The van der Waals surface area contributed by atoms with E-state index in [2.05, 4.69) is 44.6 Å². The van der Waals surface area contributed by atoms with Crippen molar-refractivity contribution in [1.29, 1.82) is 0 Å². The molecule has 14 heteroatoms. The first-order chi connectivity index (χ1) is 18.4. The van der Waals surface area contributed by atoms with Gasteiger partial charge in [-0.1, -0.05) is 13.8 Å². The maximum absolute atomic E-state index is 13.2. The molecule has 0 saturated carbocycles. The van der Waals surface area contributed by atoms with Gasteiger partial charge in [0.25, 0.3) is 5.91 Å². The summed E-state index contributed by atoms with van der Waals surface area (Å²) >= 11 is 1.39. The van der Waals surface area contributed by atoms with E-state index in [0.717, 1.165) is 23.5 Å². The maximum Gasteiger partial charge on any atom is 0.260 e. The summed E-state index contributed by atoms with van der Waals surface area (Å²) in [4.78, 5) is 33.6. The summed E-state index contributed by atoms with van der Waals surface area (Å²) in [6.07, 6.45) is 8.41. The molecule has 204 valence electrons. The highest BCUT2D eigenvalue weighted by atomic mass is 32.2. The van der Waals surface area contributed by atoms with Crippen LogP contribution in [0.4, 0.5) is 11.4 Å². The van der Waals surface area contributed by atoms with Crippen molar-refractivity contribution < 1.29 is 18.0 Å². The quantitative estimate of drug-likeness (QED) is 0.346. The lowest BCUT2D eigenvalue weighted by Gasteiger charge is -2.45. The van der Waals surface area contributed by atoms with Crippen molar-refractivity contribution in [1.82, 2.24) is 29.3 Å². The van der Waals surface area contributed by atoms with Crippen LogP contribution in [0.5, 0.6) is 0 Å². The molecule has 2 fully saturated rings. The number of carbonyl (C=O) groups is 2. The number of nitrogens with one attached hydrogen (secondary N) is 2. The molecule has 0 bridgehead atoms. The first kappa shape index (κ1) is 25.6. The molecule has 2 saturated heterocycles. The normalized spacial score (nSPS) is 18.4. The van der Waals surface area contributed by atoms with Crippen LogP contribution in [0.25, 0.3) is 15.3 Å². The van der Waals surface area contributed by atoms with Crippen LogP contribution in [0, 0.1) is 12.3 Å². The molecule has 0 unspecified atom stereocenters. The number of aryl methyl sites for hydroxylation is 1. The fourth-order valence-corrected chi connectivity index (χ4v) is 7.44. The number of thiazole rings is 1. The number of hydrogen-bond acceptors (Lipinski definition) is 9. The zero-order chi connectivity index (χ0) is 27.5. The Hall–Kier alpha value is -3.62. The molecule has 12 nitrogen and oxygen atoms in total. The van der Waals surface area contributed by atoms with E-state index in [-0.39, 0.29) is 34.8 Å². The summed E-state index contributed by atoms with van der Waals surface area (Å²) in [6.45, 7) is 8.20. The molecule has 0 radical (unpaired) electrons. The topological polar surface area (TPSA) is 144 Å². The fraction of sp³-hybridized carbons (Fsp3) is 0.400. The predicted octanol–water partition coefficient (Wildman–Crippen LogP) is 2.46. The Bertz CT molecular complexity index is 1700. The number of hydrogen-bond donors (Lipinski definition) is 2. The molecule has 2 amide bonds. The molecule has 2 aliphatic rings. The van der Waals surface area contributed by atoms with E-state index in [4.69, 9.17) is 0 Å². The Labute approximate surface area is 228 Å². The number of rotatable bonds is 7. The number of carbonyl (C=O) groups excluding carboxylic acids is 2. The van der Waals surface area contributed by atoms with Crippen molar-refractivity contribution in [2.24, 2.45) is 5.41 Å². The minimum Gasteiger partial charge on any atom is -0.324 e. The van der Waals surface area contributed by atoms with Gasteiger partial charge in [-0.15, -0.1) is 11.3 Å². The molecule has 39 heavy (non-hydrogen) atoms. The lowest BCUT2D eigenvalue weighted by Crippen LogP contribution is -2.54. The van der Waals surface area contributed by atoms with Crippen molar-refractivity contribution in [3.05, 3.63) is 48.3 Å². The lowest BCUT2D eigenvalue weighted by molar-refractivity contribution is -0.120. The highest BCUT2D eigenvalue weighted by Crippen LogP contribution is 2.33. The van der Waals surface area contributed by atoms with E-state index in [1.807, 2.05) is 12.4 Å². The lowest BCUT2D eigenvalue weighted by atomic mass is 9.84. The SMILES string of the molecule is Cc1ncc(NC(=O)CN2CC(C)(C)C2)cc1NC(=O)c1cnn2cc(-c3cnn(C4CS(=O)(=O)C4)c3)sc12. The molecule has 4 aromatic rings. The summed E-state index contributed by atoms with van der Waals surface area (Å²) in [5.74, 6) is -0.269. The van der Waals surface area contributed by atoms with Gasteiger partial charge >= 0.3 is 0 Å². The molecule has 0 spiro atoms. The standard InChI is InChI=1S/C25H28N8O4S2/c1-15-20(4-17(6-26-15)29-22(34)10-31-13-25(2,3)14-31)30-23(35)19-7-28-33-9-21(38-24(19)33)16-5-27-32(8-16)18-11-39(36,37)12-18/h4-9,18H,10-14H2,1-3H3,(H,29,34)(H,30,35). The van der Waals surface area contributed by atoms with E-state index in [0.29, 0.717) is 34.0 Å². The summed E-state index contributed by atoms with van der Waals surface area (Å²) < 4.78 is 26.3. The van der Waals surface area contributed by atoms with E-state index in [1.54, 1.807) is 34.6 Å². The van der Waals surface area contributed by atoms with Crippen molar-refractivity contribution >= 4 is 49.2 Å². The molecule has 0 aliphatic carbocycles. The minimum atomic E-state index is -2.95. The van der Waals surface area contributed by atoms with Gasteiger partial charge in [0.05, 0.1) is 70.2 Å². The molecular formula is C25H28N8O4S2. The highest BCUT2D eigenvalue weighted by molar-refractivity contribution is 7.92. The predicted molar refractivity (Wildman–Crippen MR) is 148 cm³/mol. The summed E-state index contributed by atoms with van der Waals surface area (Å²) in [5, 5.41) is 14.4. The third-order valence-corrected chi connectivity index (χ3v) is 9.83. The molecule has 2 aliphatic heterocycles. The summed E-state index contributed by atoms with van der Waals surface area (Å²) in [7, 11) is -2.95. The van der Waals surface area contributed by atoms with E-state index in [9.17, 15) is 18.0 Å². The summed E-state index contributed by atoms with van der Waals surface area (Å²) in [6, 6.07) is 1.56. The zero-order valence-corrected chi connectivity index (χ0v) is 23.3. The van der Waals surface area contributed by atoms with Gasteiger partial charge in [0.2, 0.25) is 5.91 Å². The number of sulfone groups is 1. The molecule has 6 heterocycles. The number of aromatic nitrogens is 5. The zero-order valence-electron chi connectivity index (χ0n) is 21.7. The Morgan fingerprint density at radius 2 is 1.87 bits per heavy atom. The Balaban J connectivity index is 1.14. The van der Waals surface area contributed by atoms with E-state index < -0.39 is 9.84 Å². The van der Waals surface area contributed by atoms with Crippen LogP contribution in [-0.4, -0.2) is 80.7 Å². The van der Waals surface area contributed by atoms with Crippen molar-refractivity contribution in [2.75, 3.05) is 41.8 Å². The first-order valence-corrected chi connectivity index (χ1v) is 15.1. The van der Waals surface area contributed by atoms with Gasteiger partial charge in [0.15, 0.2) is 9.84 Å². The molecule has 0 atom stereocenters. The number of amides is 2. The van der Waals surface area contributed by atoms with Crippen LogP contribution >= 0.6 is 11.3 Å². The number of fused-ring (bicyclic) bond motifs is 1. The Kier molecular flexibility index (Phi) is 6.08. The minimum absolute atomic E-state index is 0.0993.